The zero-order valence-corrected chi connectivity index (χ0v) is 18.1. The summed E-state index contributed by atoms with van der Waals surface area (Å²) in [6.07, 6.45) is 1.14. The molecule has 3 rings (SSSR count). The summed E-state index contributed by atoms with van der Waals surface area (Å²) in [6, 6.07) is 27.6. The van der Waals surface area contributed by atoms with Crippen molar-refractivity contribution >= 4 is 40.2 Å². The van der Waals surface area contributed by atoms with E-state index in [9.17, 15) is 0 Å². The standard InChI is InChI=1S/C23H26P.BrH/c1-5-24(21-12-6-18(2)7-13-21,22-14-8-19(3)9-15-22)23-16-10-20(4)11-17-23;/h6-17H,5H2,1-4H3;1H/q+1;. The van der Waals surface area contributed by atoms with Gasteiger partial charge in [0.05, 0.1) is 6.16 Å². The maximum absolute atomic E-state index is 2.34. The molecule has 0 amide bonds. The average molecular weight is 414 g/mol. The Morgan fingerprint density at radius 2 is 0.760 bits per heavy atom. The zero-order valence-electron chi connectivity index (χ0n) is 15.5. The van der Waals surface area contributed by atoms with Crippen molar-refractivity contribution in [3.63, 3.8) is 0 Å². The molecule has 2 heteroatoms. The van der Waals surface area contributed by atoms with E-state index in [1.807, 2.05) is 0 Å². The summed E-state index contributed by atoms with van der Waals surface area (Å²) < 4.78 is 0. The van der Waals surface area contributed by atoms with Crippen molar-refractivity contribution in [3.8, 4) is 0 Å². The molecule has 0 heterocycles. The third-order valence-electron chi connectivity index (χ3n) is 4.90. The van der Waals surface area contributed by atoms with Gasteiger partial charge in [0.25, 0.3) is 0 Å². The van der Waals surface area contributed by atoms with E-state index in [0.717, 1.165) is 6.16 Å². The Morgan fingerprint density at radius 3 is 0.960 bits per heavy atom. The van der Waals surface area contributed by atoms with E-state index in [2.05, 4.69) is 100 Å². The minimum Gasteiger partial charge on any atom is -0.114 e. The molecule has 25 heavy (non-hydrogen) atoms. The van der Waals surface area contributed by atoms with Gasteiger partial charge in [-0.25, -0.2) is 0 Å². The first-order valence-corrected chi connectivity index (χ1v) is 10.6. The van der Waals surface area contributed by atoms with Gasteiger partial charge in [-0.1, -0.05) is 53.1 Å². The summed E-state index contributed by atoms with van der Waals surface area (Å²) >= 11 is 0. The van der Waals surface area contributed by atoms with Crippen LogP contribution in [0.5, 0.6) is 0 Å². The topological polar surface area (TPSA) is 0 Å². The molecule has 0 radical (unpaired) electrons. The van der Waals surface area contributed by atoms with Crippen molar-refractivity contribution in [2.24, 2.45) is 0 Å². The van der Waals surface area contributed by atoms with Crippen LogP contribution in [0.1, 0.15) is 23.6 Å². The predicted octanol–water partition coefficient (Wildman–Crippen LogP) is 5.50. The lowest BCUT2D eigenvalue weighted by molar-refractivity contribution is 1.45. The fraction of sp³-hybridized carbons (Fsp3) is 0.217. The van der Waals surface area contributed by atoms with Crippen LogP contribution in [-0.4, -0.2) is 6.16 Å². The molecule has 0 spiro atoms. The number of hydrogen-bond acceptors (Lipinski definition) is 0. The Kier molecular flexibility index (Phi) is 6.60. The molecule has 0 saturated carbocycles. The Balaban J connectivity index is 0.00000225. The van der Waals surface area contributed by atoms with E-state index >= 15 is 0 Å². The number of aryl methyl sites for hydroxylation is 3. The molecule has 0 aliphatic heterocycles. The van der Waals surface area contributed by atoms with Gasteiger partial charge in [0.15, 0.2) is 0 Å². The van der Waals surface area contributed by atoms with Gasteiger partial charge < -0.3 is 0 Å². The number of benzene rings is 3. The van der Waals surface area contributed by atoms with E-state index in [1.165, 1.54) is 32.6 Å². The van der Waals surface area contributed by atoms with Crippen molar-refractivity contribution in [3.05, 3.63) is 89.5 Å². The van der Waals surface area contributed by atoms with Gasteiger partial charge in [0.2, 0.25) is 0 Å². The molecular formula is C23H27BrP+. The molecule has 0 aromatic heterocycles. The predicted molar refractivity (Wildman–Crippen MR) is 120 cm³/mol. The third kappa shape index (κ3) is 3.89. The number of halogens is 1. The van der Waals surface area contributed by atoms with E-state index < -0.39 is 7.26 Å². The molecule has 0 atom stereocenters. The van der Waals surface area contributed by atoms with Gasteiger partial charge in [-0.3, -0.25) is 0 Å². The van der Waals surface area contributed by atoms with Crippen LogP contribution in [0, 0.1) is 20.8 Å². The minimum absolute atomic E-state index is 0. The van der Waals surface area contributed by atoms with Crippen LogP contribution in [0.4, 0.5) is 0 Å². The van der Waals surface area contributed by atoms with Crippen LogP contribution in [0.3, 0.4) is 0 Å². The fourth-order valence-corrected chi connectivity index (χ4v) is 7.36. The maximum atomic E-state index is 2.34. The molecule has 0 bridgehead atoms. The number of rotatable bonds is 4. The molecule has 3 aromatic carbocycles. The van der Waals surface area contributed by atoms with E-state index in [4.69, 9.17) is 0 Å². The molecule has 0 fully saturated rings. The largest absolute Gasteiger partial charge is 0.114 e. The summed E-state index contributed by atoms with van der Waals surface area (Å²) in [5.74, 6) is 0. The van der Waals surface area contributed by atoms with Gasteiger partial charge in [-0.15, -0.1) is 17.0 Å². The first kappa shape index (κ1) is 19.9. The van der Waals surface area contributed by atoms with Crippen LogP contribution in [0.25, 0.3) is 0 Å². The second kappa shape index (κ2) is 8.30. The highest BCUT2D eigenvalue weighted by Gasteiger charge is 2.43. The lowest BCUT2D eigenvalue weighted by atomic mass is 10.2. The van der Waals surface area contributed by atoms with Crippen LogP contribution in [-0.2, 0) is 0 Å². The van der Waals surface area contributed by atoms with Crippen molar-refractivity contribution < 1.29 is 0 Å². The van der Waals surface area contributed by atoms with Crippen molar-refractivity contribution in [1.82, 2.24) is 0 Å². The first-order valence-electron chi connectivity index (χ1n) is 8.66. The fourth-order valence-electron chi connectivity index (χ4n) is 3.39. The van der Waals surface area contributed by atoms with Crippen LogP contribution in [0.2, 0.25) is 0 Å². The molecule has 3 aromatic rings. The summed E-state index contributed by atoms with van der Waals surface area (Å²) in [5.41, 5.74) is 3.96. The average Bonchev–Trinajstić information content (AvgIpc) is 2.60. The van der Waals surface area contributed by atoms with Gasteiger partial charge in [0.1, 0.15) is 23.2 Å². The zero-order chi connectivity index (χ0) is 17.2. The van der Waals surface area contributed by atoms with Crippen LogP contribution >= 0.6 is 24.2 Å². The second-order valence-electron chi connectivity index (χ2n) is 6.63. The van der Waals surface area contributed by atoms with Crippen molar-refractivity contribution in [2.75, 3.05) is 6.16 Å². The molecule has 0 saturated heterocycles. The second-order valence-corrected chi connectivity index (χ2v) is 10.4. The van der Waals surface area contributed by atoms with Gasteiger partial charge in [0, 0.05) is 0 Å². The Labute approximate surface area is 163 Å². The SMILES string of the molecule is Br.CC[P+](c1ccc(C)cc1)(c1ccc(C)cc1)c1ccc(C)cc1. The highest BCUT2D eigenvalue weighted by molar-refractivity contribution is 8.93. The molecule has 0 aliphatic rings. The highest BCUT2D eigenvalue weighted by atomic mass is 79.9. The van der Waals surface area contributed by atoms with Crippen LogP contribution in [0.15, 0.2) is 72.8 Å². The monoisotopic (exact) mass is 413 g/mol. The minimum atomic E-state index is -1.59. The number of hydrogen-bond donors (Lipinski definition) is 0. The molecule has 0 unspecified atom stereocenters. The smallest absolute Gasteiger partial charge is 0.111 e. The van der Waals surface area contributed by atoms with Crippen molar-refractivity contribution in [1.29, 1.82) is 0 Å². The first-order chi connectivity index (χ1) is 11.6. The normalized spacial score (nSPS) is 11.0. The molecule has 0 nitrogen and oxygen atoms in total. The molecule has 130 valence electrons. The maximum Gasteiger partial charge on any atom is 0.111 e. The lowest BCUT2D eigenvalue weighted by Crippen LogP contribution is -2.32. The quantitative estimate of drug-likeness (QED) is 0.495. The van der Waals surface area contributed by atoms with E-state index in [0.29, 0.717) is 0 Å². The molecular weight excluding hydrogens is 387 g/mol. The van der Waals surface area contributed by atoms with Gasteiger partial charge in [-0.05, 0) is 64.1 Å². The summed E-state index contributed by atoms with van der Waals surface area (Å²) in [4.78, 5) is 0. The molecule has 0 N–H and O–H groups in total. The summed E-state index contributed by atoms with van der Waals surface area (Å²) in [5, 5.41) is 4.43. The third-order valence-corrected chi connectivity index (χ3v) is 9.39. The Hall–Kier alpha value is -1.43. The van der Waals surface area contributed by atoms with Gasteiger partial charge in [-0.2, -0.15) is 0 Å². The summed E-state index contributed by atoms with van der Waals surface area (Å²) in [6.45, 7) is 8.82. The van der Waals surface area contributed by atoms with Crippen molar-refractivity contribution in [2.45, 2.75) is 27.7 Å². The summed E-state index contributed by atoms with van der Waals surface area (Å²) in [7, 11) is -1.59. The Bertz CT molecular complexity index is 691. The molecule has 0 aliphatic carbocycles. The Morgan fingerprint density at radius 1 is 0.520 bits per heavy atom. The highest BCUT2D eigenvalue weighted by Crippen LogP contribution is 2.54. The lowest BCUT2D eigenvalue weighted by Gasteiger charge is -2.26. The van der Waals surface area contributed by atoms with Crippen LogP contribution < -0.4 is 15.9 Å². The van der Waals surface area contributed by atoms with E-state index in [1.54, 1.807) is 0 Å². The van der Waals surface area contributed by atoms with Gasteiger partial charge >= 0.3 is 0 Å². The van der Waals surface area contributed by atoms with E-state index in [-0.39, 0.29) is 17.0 Å².